The van der Waals surface area contributed by atoms with Gasteiger partial charge in [0.2, 0.25) is 0 Å². The van der Waals surface area contributed by atoms with Gasteiger partial charge in [-0.05, 0) is 64.7 Å². The van der Waals surface area contributed by atoms with Crippen LogP contribution >= 0.6 is 0 Å². The van der Waals surface area contributed by atoms with Crippen LogP contribution in [0.5, 0.6) is 0 Å². The fraction of sp³-hybridized carbons (Fsp3) is 0.800. The quantitative estimate of drug-likeness (QED) is 0.175. The summed E-state index contributed by atoms with van der Waals surface area (Å²) in [6, 6.07) is 0. The zero-order chi connectivity index (χ0) is 22.3. The zero-order valence-corrected chi connectivity index (χ0v) is 19.9. The molecule has 4 atom stereocenters. The second-order valence-corrected chi connectivity index (χ2v) is 10.8. The van der Waals surface area contributed by atoms with Crippen LogP contribution in [0.1, 0.15) is 88.0 Å². The summed E-state index contributed by atoms with van der Waals surface area (Å²) in [4.78, 5) is 23.9. The van der Waals surface area contributed by atoms with E-state index in [4.69, 9.17) is 14.5 Å². The molecule has 2 bridgehead atoms. The van der Waals surface area contributed by atoms with Crippen molar-refractivity contribution in [2.45, 2.75) is 105 Å². The minimum atomic E-state index is -0.811. The highest BCUT2D eigenvalue weighted by Crippen LogP contribution is 2.63. The van der Waals surface area contributed by atoms with Crippen LogP contribution in [0.15, 0.2) is 12.2 Å². The summed E-state index contributed by atoms with van der Waals surface area (Å²) in [7, 11) is 0. The van der Waals surface area contributed by atoms with Crippen molar-refractivity contribution in [1.29, 1.82) is 0 Å². The van der Waals surface area contributed by atoms with Crippen LogP contribution < -0.4 is 0 Å². The van der Waals surface area contributed by atoms with Crippen molar-refractivity contribution in [3.05, 3.63) is 12.2 Å². The summed E-state index contributed by atoms with van der Waals surface area (Å²) in [5.74, 6) is 7.33. The largest absolute Gasteiger partial charge is 0.442 e. The first-order chi connectivity index (χ1) is 13.2. The Morgan fingerprint density at radius 2 is 1.83 bits per heavy atom. The van der Waals surface area contributed by atoms with Crippen molar-refractivity contribution < 1.29 is 19.3 Å². The molecule has 4 nitrogen and oxygen atoms in total. The van der Waals surface area contributed by atoms with Gasteiger partial charge in [-0.3, -0.25) is 0 Å². The summed E-state index contributed by atoms with van der Waals surface area (Å²) in [6.07, 6.45) is 3.71. The third-order valence-corrected chi connectivity index (χ3v) is 7.04. The highest BCUT2D eigenvalue weighted by atomic mass is 17.2. The van der Waals surface area contributed by atoms with Gasteiger partial charge in [-0.2, -0.15) is 0 Å². The molecule has 0 aromatic heterocycles. The van der Waals surface area contributed by atoms with E-state index in [1.165, 1.54) is 0 Å². The van der Waals surface area contributed by atoms with Gasteiger partial charge in [0.15, 0.2) is 11.2 Å². The molecule has 2 aliphatic carbocycles. The number of hydrogen-bond donors (Lipinski definition) is 0. The van der Waals surface area contributed by atoms with Crippen molar-refractivity contribution in [3.8, 4) is 11.8 Å². The number of ether oxygens (including phenoxy) is 1. The molecule has 2 saturated carbocycles. The van der Waals surface area contributed by atoms with Crippen LogP contribution in [0, 0.1) is 35.0 Å². The van der Waals surface area contributed by atoms with Crippen LogP contribution in [0.3, 0.4) is 0 Å². The van der Waals surface area contributed by atoms with Gasteiger partial charge in [0.05, 0.1) is 5.60 Å². The molecule has 2 fully saturated rings. The fourth-order valence-electron chi connectivity index (χ4n) is 4.84. The summed E-state index contributed by atoms with van der Waals surface area (Å²) >= 11 is 0. The average Bonchev–Trinajstić information content (AvgIpc) is 3.07. The molecular formula is C25H40O4. The summed E-state index contributed by atoms with van der Waals surface area (Å²) < 4.78 is 6.03. The molecular weight excluding hydrogens is 364 g/mol. The topological polar surface area (TPSA) is 44.8 Å². The van der Waals surface area contributed by atoms with Crippen molar-refractivity contribution >= 4 is 5.97 Å². The van der Waals surface area contributed by atoms with E-state index >= 15 is 0 Å². The second-order valence-electron chi connectivity index (χ2n) is 10.8. The van der Waals surface area contributed by atoms with Gasteiger partial charge in [0.25, 0.3) is 0 Å². The molecule has 0 aromatic carbocycles. The molecule has 164 valence electrons. The van der Waals surface area contributed by atoms with E-state index in [1.54, 1.807) is 6.92 Å². The van der Waals surface area contributed by atoms with E-state index in [2.05, 4.69) is 46.1 Å². The SMILES string of the molecule is C=C(C)C(=O)O[C@@]1(C#CC(C)(C)OOC(C)(C)CCC)C[C@H]2C[C@@H]1[C@H](C)C2(C)C. The standard InChI is InChI=1S/C25H40O4/c1-11-12-22(5,6)28-29-23(7,8)13-14-25(27-21(26)17(2)3)16-19-15-20(25)18(4)24(19,9)10/h18-20H,2,11-12,15-16H2,1,3-10H3/t18-,19+,20+,25-/m0/s1. The minimum absolute atomic E-state index is 0.214. The van der Waals surface area contributed by atoms with Gasteiger partial charge in [-0.15, -0.1) is 0 Å². The highest BCUT2D eigenvalue weighted by molar-refractivity contribution is 5.87. The van der Waals surface area contributed by atoms with E-state index in [-0.39, 0.29) is 22.9 Å². The van der Waals surface area contributed by atoms with Crippen LogP contribution in [-0.2, 0) is 19.3 Å². The Hall–Kier alpha value is -1.31. The molecule has 0 spiro atoms. The molecule has 4 heteroatoms. The van der Waals surface area contributed by atoms with Crippen molar-refractivity contribution in [2.75, 3.05) is 0 Å². The van der Waals surface area contributed by atoms with Crippen LogP contribution in [0.4, 0.5) is 0 Å². The first kappa shape index (κ1) is 24.0. The maximum absolute atomic E-state index is 12.5. The molecule has 2 rings (SSSR count). The predicted molar refractivity (Wildman–Crippen MR) is 116 cm³/mol. The number of esters is 1. The first-order valence-corrected chi connectivity index (χ1v) is 11.0. The van der Waals surface area contributed by atoms with Crippen molar-refractivity contribution in [2.24, 2.45) is 23.2 Å². The molecule has 0 unspecified atom stereocenters. The summed E-state index contributed by atoms with van der Waals surface area (Å²) in [6.45, 7) is 22.2. The summed E-state index contributed by atoms with van der Waals surface area (Å²) in [5, 5.41) is 0. The van der Waals surface area contributed by atoms with Crippen LogP contribution in [-0.4, -0.2) is 22.8 Å². The van der Waals surface area contributed by atoms with Crippen LogP contribution in [0.2, 0.25) is 0 Å². The number of rotatable bonds is 7. The monoisotopic (exact) mass is 404 g/mol. The highest BCUT2D eigenvalue weighted by Gasteiger charge is 2.63. The lowest BCUT2D eigenvalue weighted by molar-refractivity contribution is -0.389. The van der Waals surface area contributed by atoms with Gasteiger partial charge in [-0.1, -0.05) is 52.5 Å². The number of fused-ring (bicyclic) bond motifs is 2. The molecule has 0 aromatic rings. The Labute approximate surface area is 177 Å². The summed E-state index contributed by atoms with van der Waals surface area (Å²) in [5.41, 5.74) is -1.34. The van der Waals surface area contributed by atoms with E-state index in [1.807, 2.05) is 27.7 Å². The molecule has 0 saturated heterocycles. The van der Waals surface area contributed by atoms with Crippen molar-refractivity contribution in [1.82, 2.24) is 0 Å². The lowest BCUT2D eigenvalue weighted by atomic mass is 9.64. The smallest absolute Gasteiger partial charge is 0.334 e. The third kappa shape index (κ3) is 5.06. The van der Waals surface area contributed by atoms with E-state index in [0.29, 0.717) is 17.4 Å². The second kappa shape index (κ2) is 8.08. The molecule has 0 heterocycles. The number of carbonyl (C=O) groups is 1. The minimum Gasteiger partial charge on any atom is -0.442 e. The third-order valence-electron chi connectivity index (χ3n) is 7.04. The lowest BCUT2D eigenvalue weighted by Crippen LogP contribution is -2.47. The Morgan fingerprint density at radius 1 is 1.21 bits per heavy atom. The normalized spacial score (nSPS) is 30.6. The van der Waals surface area contributed by atoms with Crippen LogP contribution in [0.25, 0.3) is 0 Å². The molecule has 2 aliphatic rings. The van der Waals surface area contributed by atoms with Gasteiger partial charge < -0.3 is 4.74 Å². The first-order valence-electron chi connectivity index (χ1n) is 11.0. The molecule has 0 amide bonds. The Balaban J connectivity index is 2.27. The molecule has 0 radical (unpaired) electrons. The molecule has 0 aliphatic heterocycles. The van der Waals surface area contributed by atoms with E-state index in [0.717, 1.165) is 25.7 Å². The lowest BCUT2D eigenvalue weighted by Gasteiger charge is -2.44. The Bertz CT molecular complexity index is 702. The van der Waals surface area contributed by atoms with Gasteiger partial charge >= 0.3 is 5.97 Å². The van der Waals surface area contributed by atoms with Gasteiger partial charge in [-0.25, -0.2) is 14.6 Å². The maximum atomic E-state index is 12.5. The molecule has 29 heavy (non-hydrogen) atoms. The number of hydrogen-bond acceptors (Lipinski definition) is 4. The van der Waals surface area contributed by atoms with Crippen molar-refractivity contribution in [3.63, 3.8) is 0 Å². The van der Waals surface area contributed by atoms with Gasteiger partial charge in [0.1, 0.15) is 0 Å². The Kier molecular flexibility index (Phi) is 6.68. The van der Waals surface area contributed by atoms with Gasteiger partial charge in [0, 0.05) is 17.9 Å². The predicted octanol–water partition coefficient (Wildman–Crippen LogP) is 5.86. The molecule has 0 N–H and O–H groups in total. The fourth-order valence-corrected chi connectivity index (χ4v) is 4.84. The Morgan fingerprint density at radius 3 is 2.31 bits per heavy atom. The number of carbonyl (C=O) groups excluding carboxylic acids is 1. The van der Waals surface area contributed by atoms with E-state index in [9.17, 15) is 4.79 Å². The van der Waals surface area contributed by atoms with E-state index < -0.39 is 11.2 Å². The zero-order valence-electron chi connectivity index (χ0n) is 19.9. The average molecular weight is 405 g/mol. The maximum Gasteiger partial charge on any atom is 0.334 e.